The Morgan fingerprint density at radius 3 is 2.70 bits per heavy atom. The van der Waals surface area contributed by atoms with Crippen molar-refractivity contribution in [3.8, 4) is 5.75 Å². The second kappa shape index (κ2) is 8.59. The maximum absolute atomic E-state index is 11.8. The maximum Gasteiger partial charge on any atom is 0.220 e. The van der Waals surface area contributed by atoms with Crippen LogP contribution in [0.3, 0.4) is 0 Å². The zero-order chi connectivity index (χ0) is 15.0. The summed E-state index contributed by atoms with van der Waals surface area (Å²) in [5, 5.41) is 12.2. The molecule has 0 bridgehead atoms. The van der Waals surface area contributed by atoms with Crippen LogP contribution in [0.5, 0.6) is 5.75 Å². The first kappa shape index (κ1) is 16.5. The van der Waals surface area contributed by atoms with Gasteiger partial charge in [0.2, 0.25) is 5.91 Å². The fourth-order valence-corrected chi connectivity index (χ4v) is 2.17. The highest BCUT2D eigenvalue weighted by Crippen LogP contribution is 2.19. The SMILES string of the molecule is CCOc1ccccc1CCC(=O)NC(C)CC(C)O. The molecule has 2 unspecified atom stereocenters. The molecule has 0 aromatic heterocycles. The Morgan fingerprint density at radius 1 is 1.35 bits per heavy atom. The van der Waals surface area contributed by atoms with Crippen LogP contribution in [0.25, 0.3) is 0 Å². The van der Waals surface area contributed by atoms with Crippen molar-refractivity contribution in [1.29, 1.82) is 0 Å². The predicted octanol–water partition coefficient (Wildman–Crippen LogP) is 2.29. The van der Waals surface area contributed by atoms with Gasteiger partial charge in [-0.2, -0.15) is 0 Å². The van der Waals surface area contributed by atoms with Gasteiger partial charge >= 0.3 is 0 Å². The second-order valence-electron chi connectivity index (χ2n) is 5.09. The normalized spacial score (nSPS) is 13.6. The van der Waals surface area contributed by atoms with Crippen LogP contribution in [0.1, 0.15) is 39.2 Å². The standard InChI is InChI=1S/C16H25NO3/c1-4-20-15-8-6-5-7-14(15)9-10-16(19)17-12(2)11-13(3)18/h5-8,12-13,18H,4,9-11H2,1-3H3,(H,17,19). The molecule has 4 nitrogen and oxygen atoms in total. The van der Waals surface area contributed by atoms with Crippen molar-refractivity contribution in [1.82, 2.24) is 5.32 Å². The molecular formula is C16H25NO3. The highest BCUT2D eigenvalue weighted by atomic mass is 16.5. The first-order valence-corrected chi connectivity index (χ1v) is 7.21. The summed E-state index contributed by atoms with van der Waals surface area (Å²) in [6.07, 6.45) is 1.25. The number of amides is 1. The van der Waals surface area contributed by atoms with Crippen LogP contribution in [-0.2, 0) is 11.2 Å². The minimum atomic E-state index is -0.399. The molecule has 20 heavy (non-hydrogen) atoms. The van der Waals surface area contributed by atoms with E-state index in [1.807, 2.05) is 38.1 Å². The van der Waals surface area contributed by atoms with E-state index in [1.165, 1.54) is 0 Å². The third-order valence-electron chi connectivity index (χ3n) is 3.00. The Balaban J connectivity index is 2.44. The van der Waals surface area contributed by atoms with Crippen molar-refractivity contribution < 1.29 is 14.6 Å². The molecule has 0 aliphatic rings. The van der Waals surface area contributed by atoms with Crippen LogP contribution >= 0.6 is 0 Å². The molecule has 112 valence electrons. The fraction of sp³-hybridized carbons (Fsp3) is 0.562. The second-order valence-corrected chi connectivity index (χ2v) is 5.09. The van der Waals surface area contributed by atoms with Crippen molar-refractivity contribution in [2.75, 3.05) is 6.61 Å². The van der Waals surface area contributed by atoms with Crippen LogP contribution in [0.4, 0.5) is 0 Å². The molecule has 2 N–H and O–H groups in total. The lowest BCUT2D eigenvalue weighted by atomic mass is 10.1. The molecule has 1 rings (SSSR count). The monoisotopic (exact) mass is 279 g/mol. The lowest BCUT2D eigenvalue weighted by Gasteiger charge is -2.15. The van der Waals surface area contributed by atoms with Gasteiger partial charge in [0.25, 0.3) is 0 Å². The van der Waals surface area contributed by atoms with Crippen molar-refractivity contribution in [3.63, 3.8) is 0 Å². The van der Waals surface area contributed by atoms with Crippen LogP contribution < -0.4 is 10.1 Å². The van der Waals surface area contributed by atoms with Crippen LogP contribution in [0.15, 0.2) is 24.3 Å². The van der Waals surface area contributed by atoms with E-state index in [1.54, 1.807) is 6.92 Å². The summed E-state index contributed by atoms with van der Waals surface area (Å²) in [5.74, 6) is 0.851. The number of benzene rings is 1. The van der Waals surface area contributed by atoms with E-state index >= 15 is 0 Å². The molecule has 1 amide bonds. The summed E-state index contributed by atoms with van der Waals surface area (Å²) >= 11 is 0. The number of hydrogen-bond acceptors (Lipinski definition) is 3. The molecule has 4 heteroatoms. The van der Waals surface area contributed by atoms with Gasteiger partial charge in [0.1, 0.15) is 5.75 Å². The molecule has 1 aromatic rings. The van der Waals surface area contributed by atoms with E-state index in [2.05, 4.69) is 5.32 Å². The minimum Gasteiger partial charge on any atom is -0.494 e. The van der Waals surface area contributed by atoms with Crippen LogP contribution in [-0.4, -0.2) is 29.8 Å². The molecular weight excluding hydrogens is 254 g/mol. The molecule has 0 fully saturated rings. The molecule has 2 atom stereocenters. The summed E-state index contributed by atoms with van der Waals surface area (Å²) in [4.78, 5) is 11.8. The first-order valence-electron chi connectivity index (χ1n) is 7.21. The lowest BCUT2D eigenvalue weighted by molar-refractivity contribution is -0.121. The third-order valence-corrected chi connectivity index (χ3v) is 3.00. The predicted molar refractivity (Wildman–Crippen MR) is 79.8 cm³/mol. The minimum absolute atomic E-state index is 0.00412. The van der Waals surface area contributed by atoms with E-state index in [9.17, 15) is 9.90 Å². The quantitative estimate of drug-likeness (QED) is 0.767. The largest absolute Gasteiger partial charge is 0.494 e. The summed E-state index contributed by atoms with van der Waals surface area (Å²) in [6, 6.07) is 7.78. The molecule has 0 radical (unpaired) electrons. The summed E-state index contributed by atoms with van der Waals surface area (Å²) in [6.45, 7) is 6.19. The van der Waals surface area contributed by atoms with E-state index in [-0.39, 0.29) is 11.9 Å². The van der Waals surface area contributed by atoms with Gasteiger partial charge in [0.15, 0.2) is 0 Å². The number of aliphatic hydroxyl groups excluding tert-OH is 1. The van der Waals surface area contributed by atoms with Gasteiger partial charge < -0.3 is 15.2 Å². The molecule has 0 aliphatic carbocycles. The van der Waals surface area contributed by atoms with Crippen molar-refractivity contribution in [2.45, 2.75) is 52.2 Å². The molecule has 0 saturated carbocycles. The number of carbonyl (C=O) groups excluding carboxylic acids is 1. The van der Waals surface area contributed by atoms with Gasteiger partial charge in [-0.25, -0.2) is 0 Å². The van der Waals surface area contributed by atoms with Crippen molar-refractivity contribution in [3.05, 3.63) is 29.8 Å². The Morgan fingerprint density at radius 2 is 2.05 bits per heavy atom. The highest BCUT2D eigenvalue weighted by molar-refractivity contribution is 5.76. The van der Waals surface area contributed by atoms with E-state index in [0.717, 1.165) is 11.3 Å². The highest BCUT2D eigenvalue weighted by Gasteiger charge is 2.11. The zero-order valence-corrected chi connectivity index (χ0v) is 12.6. The molecule has 0 aliphatic heterocycles. The van der Waals surface area contributed by atoms with Gasteiger partial charge in [0, 0.05) is 12.5 Å². The number of aryl methyl sites for hydroxylation is 1. The average Bonchev–Trinajstić information content (AvgIpc) is 2.37. The van der Waals surface area contributed by atoms with Gasteiger partial charge in [0.05, 0.1) is 12.7 Å². The topological polar surface area (TPSA) is 58.6 Å². The Labute approximate surface area is 121 Å². The Kier molecular flexibility index (Phi) is 7.09. The Hall–Kier alpha value is -1.55. The van der Waals surface area contributed by atoms with Crippen molar-refractivity contribution in [2.24, 2.45) is 0 Å². The number of ether oxygens (including phenoxy) is 1. The lowest BCUT2D eigenvalue weighted by Crippen LogP contribution is -2.34. The maximum atomic E-state index is 11.8. The summed E-state index contributed by atoms with van der Waals surface area (Å²) in [5.41, 5.74) is 1.05. The van der Waals surface area contributed by atoms with Crippen molar-refractivity contribution >= 4 is 5.91 Å². The van der Waals surface area contributed by atoms with Gasteiger partial charge in [-0.05, 0) is 45.2 Å². The number of aliphatic hydroxyl groups is 1. The van der Waals surface area contributed by atoms with E-state index in [4.69, 9.17) is 4.74 Å². The molecule has 0 heterocycles. The number of nitrogens with one attached hydrogen (secondary N) is 1. The third kappa shape index (κ3) is 6.06. The summed E-state index contributed by atoms with van der Waals surface area (Å²) < 4.78 is 5.54. The van der Waals surface area contributed by atoms with E-state index < -0.39 is 6.10 Å². The Bertz CT molecular complexity index is 418. The van der Waals surface area contributed by atoms with Gasteiger partial charge in [-0.15, -0.1) is 0 Å². The number of rotatable bonds is 8. The fourth-order valence-electron chi connectivity index (χ4n) is 2.17. The zero-order valence-electron chi connectivity index (χ0n) is 12.6. The van der Waals surface area contributed by atoms with Gasteiger partial charge in [-0.3, -0.25) is 4.79 Å². The van der Waals surface area contributed by atoms with E-state index in [0.29, 0.717) is 25.9 Å². The smallest absolute Gasteiger partial charge is 0.220 e. The molecule has 0 saturated heterocycles. The van der Waals surface area contributed by atoms with Crippen LogP contribution in [0.2, 0.25) is 0 Å². The average molecular weight is 279 g/mol. The number of para-hydroxylation sites is 1. The number of hydrogen-bond donors (Lipinski definition) is 2. The van der Waals surface area contributed by atoms with Crippen LogP contribution in [0, 0.1) is 0 Å². The molecule has 1 aromatic carbocycles. The number of carbonyl (C=O) groups is 1. The molecule has 0 spiro atoms. The summed E-state index contributed by atoms with van der Waals surface area (Å²) in [7, 11) is 0. The van der Waals surface area contributed by atoms with Gasteiger partial charge in [-0.1, -0.05) is 18.2 Å². The first-order chi connectivity index (χ1) is 9.52.